The molecular weight excluding hydrogens is 184 g/mol. The molecular formula is C13H18N2. The first-order chi connectivity index (χ1) is 7.22. The third-order valence-electron chi connectivity index (χ3n) is 3.28. The van der Waals surface area contributed by atoms with Gasteiger partial charge in [0.1, 0.15) is 0 Å². The van der Waals surface area contributed by atoms with Gasteiger partial charge in [-0.2, -0.15) is 0 Å². The van der Waals surface area contributed by atoms with Crippen molar-refractivity contribution in [2.24, 2.45) is 0 Å². The zero-order valence-corrected chi connectivity index (χ0v) is 9.30. The van der Waals surface area contributed by atoms with Crippen molar-refractivity contribution in [2.75, 3.05) is 13.6 Å². The zero-order valence-electron chi connectivity index (χ0n) is 9.30. The van der Waals surface area contributed by atoms with Gasteiger partial charge in [-0.25, -0.2) is 0 Å². The summed E-state index contributed by atoms with van der Waals surface area (Å²) in [5, 5.41) is 1.36. The molecule has 1 aliphatic heterocycles. The average molecular weight is 202 g/mol. The molecule has 1 aliphatic rings. The number of H-pyrrole nitrogens is 1. The Morgan fingerprint density at radius 2 is 2.13 bits per heavy atom. The molecule has 0 unspecified atom stereocenters. The number of rotatable bonds is 0. The Morgan fingerprint density at radius 3 is 3.00 bits per heavy atom. The van der Waals surface area contributed by atoms with Crippen LogP contribution < -0.4 is 0 Å². The number of nitrogens with zero attached hydrogens (tertiary/aromatic N) is 1. The van der Waals surface area contributed by atoms with E-state index in [0.29, 0.717) is 0 Å². The number of aromatic amines is 1. The van der Waals surface area contributed by atoms with Gasteiger partial charge in [0.25, 0.3) is 0 Å². The molecule has 0 amide bonds. The highest BCUT2D eigenvalue weighted by atomic mass is 15.1. The minimum atomic E-state index is 0. The first kappa shape index (κ1) is 8.98. The van der Waals surface area contributed by atoms with Crippen LogP contribution in [0.25, 0.3) is 10.9 Å². The first-order valence-electron chi connectivity index (χ1n) is 5.52. The maximum Gasteiger partial charge on any atom is 0.0459 e. The van der Waals surface area contributed by atoms with E-state index in [-0.39, 0.29) is 1.43 Å². The summed E-state index contributed by atoms with van der Waals surface area (Å²) in [6, 6.07) is 6.89. The average Bonchev–Trinajstić information content (AvgIpc) is 2.53. The molecule has 1 aromatic heterocycles. The fraction of sp³-hybridized carbons (Fsp3) is 0.385. The van der Waals surface area contributed by atoms with E-state index in [0.717, 1.165) is 6.54 Å². The minimum Gasteiger partial charge on any atom is -0.359 e. The largest absolute Gasteiger partial charge is 0.359 e. The Labute approximate surface area is 91.4 Å². The molecule has 15 heavy (non-hydrogen) atoms. The summed E-state index contributed by atoms with van der Waals surface area (Å²) in [5.74, 6) is 0. The lowest BCUT2D eigenvalue weighted by Gasteiger charge is -2.24. The summed E-state index contributed by atoms with van der Waals surface area (Å²) in [6.07, 6.45) is 1.19. The monoisotopic (exact) mass is 202 g/mol. The van der Waals surface area contributed by atoms with Crippen LogP contribution in [0.5, 0.6) is 0 Å². The van der Waals surface area contributed by atoms with Crippen molar-refractivity contribution in [3.63, 3.8) is 0 Å². The van der Waals surface area contributed by atoms with E-state index < -0.39 is 0 Å². The number of benzene rings is 1. The topological polar surface area (TPSA) is 19.0 Å². The predicted molar refractivity (Wildman–Crippen MR) is 65.2 cm³/mol. The summed E-state index contributed by atoms with van der Waals surface area (Å²) < 4.78 is 0. The van der Waals surface area contributed by atoms with Gasteiger partial charge < -0.3 is 9.88 Å². The Balaban J connectivity index is 0.000000963. The van der Waals surface area contributed by atoms with Crippen molar-refractivity contribution in [3.05, 3.63) is 35.0 Å². The highest BCUT2D eigenvalue weighted by Crippen LogP contribution is 2.24. The Morgan fingerprint density at radius 1 is 1.27 bits per heavy atom. The number of hydrogen-bond acceptors (Lipinski definition) is 1. The summed E-state index contributed by atoms with van der Waals surface area (Å²) in [5.41, 5.74) is 5.54. The second-order valence-electron chi connectivity index (χ2n) is 4.65. The Hall–Kier alpha value is -1.28. The van der Waals surface area contributed by atoms with Gasteiger partial charge in [-0.05, 0) is 55.1 Å². The maximum atomic E-state index is 3.40. The SMILES string of the molecule is Cc1cc2cc3c(cc2[nH]1)CN(C)CC3.[HH]. The smallest absolute Gasteiger partial charge is 0.0459 e. The molecule has 0 spiro atoms. The number of likely N-dealkylation sites (N-methyl/N-ethyl adjacent to an activating group) is 1. The van der Waals surface area contributed by atoms with E-state index in [1.165, 1.54) is 40.7 Å². The van der Waals surface area contributed by atoms with Gasteiger partial charge in [0.05, 0.1) is 0 Å². The van der Waals surface area contributed by atoms with Gasteiger partial charge >= 0.3 is 0 Å². The van der Waals surface area contributed by atoms with Gasteiger partial charge in [-0.15, -0.1) is 0 Å². The summed E-state index contributed by atoms with van der Waals surface area (Å²) in [6.45, 7) is 4.39. The lowest BCUT2D eigenvalue weighted by molar-refractivity contribution is 0.313. The molecule has 0 saturated heterocycles. The lowest BCUT2D eigenvalue weighted by atomic mass is 9.98. The molecule has 3 rings (SSSR count). The fourth-order valence-electron chi connectivity index (χ4n) is 2.48. The molecule has 0 radical (unpaired) electrons. The Kier molecular flexibility index (Phi) is 1.86. The first-order valence-corrected chi connectivity index (χ1v) is 5.52. The maximum absolute atomic E-state index is 3.40. The van der Waals surface area contributed by atoms with Gasteiger partial charge in [0, 0.05) is 25.7 Å². The summed E-state index contributed by atoms with van der Waals surface area (Å²) in [4.78, 5) is 5.78. The molecule has 80 valence electrons. The van der Waals surface area contributed by atoms with Gasteiger partial charge in [-0.3, -0.25) is 0 Å². The van der Waals surface area contributed by atoms with E-state index in [9.17, 15) is 0 Å². The van der Waals surface area contributed by atoms with Gasteiger partial charge in [0.2, 0.25) is 0 Å². The normalized spacial score (nSPS) is 16.9. The van der Waals surface area contributed by atoms with Gasteiger partial charge in [0.15, 0.2) is 0 Å². The molecule has 2 nitrogen and oxygen atoms in total. The van der Waals surface area contributed by atoms with E-state index in [4.69, 9.17) is 0 Å². The van der Waals surface area contributed by atoms with Crippen LogP contribution in [0.3, 0.4) is 0 Å². The highest BCUT2D eigenvalue weighted by molar-refractivity contribution is 5.82. The van der Waals surface area contributed by atoms with Crippen LogP contribution in [0.2, 0.25) is 0 Å². The summed E-state index contributed by atoms with van der Waals surface area (Å²) >= 11 is 0. The molecule has 2 heteroatoms. The molecule has 2 aromatic rings. The number of aromatic nitrogens is 1. The molecule has 0 aliphatic carbocycles. The minimum absolute atomic E-state index is 0. The fourth-order valence-corrected chi connectivity index (χ4v) is 2.48. The zero-order chi connectivity index (χ0) is 10.4. The van der Waals surface area contributed by atoms with E-state index in [2.05, 4.69) is 42.1 Å². The van der Waals surface area contributed by atoms with Crippen LogP contribution in [0.15, 0.2) is 18.2 Å². The number of aryl methyl sites for hydroxylation is 1. The predicted octanol–water partition coefficient (Wildman–Crippen LogP) is 2.71. The van der Waals surface area contributed by atoms with Crippen molar-refractivity contribution in [2.45, 2.75) is 19.9 Å². The number of fused-ring (bicyclic) bond motifs is 2. The molecule has 0 atom stereocenters. The van der Waals surface area contributed by atoms with Crippen molar-refractivity contribution < 1.29 is 1.43 Å². The number of hydrogen-bond donors (Lipinski definition) is 1. The quantitative estimate of drug-likeness (QED) is 0.696. The van der Waals surface area contributed by atoms with Crippen LogP contribution >= 0.6 is 0 Å². The van der Waals surface area contributed by atoms with Crippen molar-refractivity contribution in [3.8, 4) is 0 Å². The molecule has 1 aromatic carbocycles. The third kappa shape index (κ3) is 1.45. The van der Waals surface area contributed by atoms with Crippen molar-refractivity contribution >= 4 is 10.9 Å². The van der Waals surface area contributed by atoms with E-state index in [1.54, 1.807) is 0 Å². The van der Waals surface area contributed by atoms with E-state index >= 15 is 0 Å². The Bertz CT molecular complexity index is 516. The van der Waals surface area contributed by atoms with Crippen LogP contribution in [0.1, 0.15) is 18.2 Å². The number of nitrogens with one attached hydrogen (secondary N) is 1. The molecule has 0 fully saturated rings. The highest BCUT2D eigenvalue weighted by Gasteiger charge is 2.14. The third-order valence-corrected chi connectivity index (χ3v) is 3.28. The van der Waals surface area contributed by atoms with Crippen LogP contribution in [0, 0.1) is 6.92 Å². The van der Waals surface area contributed by atoms with Gasteiger partial charge in [-0.1, -0.05) is 0 Å². The van der Waals surface area contributed by atoms with E-state index in [1.807, 2.05) is 0 Å². The second kappa shape index (κ2) is 3.11. The van der Waals surface area contributed by atoms with Crippen molar-refractivity contribution in [1.82, 2.24) is 9.88 Å². The molecule has 0 saturated carbocycles. The lowest BCUT2D eigenvalue weighted by Crippen LogP contribution is -2.26. The van der Waals surface area contributed by atoms with Crippen LogP contribution in [-0.2, 0) is 13.0 Å². The van der Waals surface area contributed by atoms with Crippen LogP contribution in [0.4, 0.5) is 0 Å². The standard InChI is InChI=1S/C13H16N2.H2/c1-9-5-11-6-10-3-4-15(2)8-12(10)7-13(11)14-9;/h5-7,14H,3-4,8H2,1-2H3;1H. The van der Waals surface area contributed by atoms with Crippen LogP contribution in [-0.4, -0.2) is 23.5 Å². The molecule has 0 bridgehead atoms. The second-order valence-corrected chi connectivity index (χ2v) is 4.65. The molecule has 2 heterocycles. The van der Waals surface area contributed by atoms with Crippen molar-refractivity contribution in [1.29, 1.82) is 0 Å². The summed E-state index contributed by atoms with van der Waals surface area (Å²) in [7, 11) is 2.19. The molecule has 1 N–H and O–H groups in total.